The molecule has 1 aliphatic rings. The highest BCUT2D eigenvalue weighted by Gasteiger charge is 2.39. The Morgan fingerprint density at radius 2 is 2.11 bits per heavy atom. The molecule has 0 bridgehead atoms. The Morgan fingerprint density at radius 3 is 2.79 bits per heavy atom. The molecule has 19 heavy (non-hydrogen) atoms. The number of furan rings is 1. The molecule has 0 spiro atoms. The van der Waals surface area contributed by atoms with Gasteiger partial charge in [0.05, 0.1) is 6.04 Å². The predicted molar refractivity (Wildman–Crippen MR) is 79.0 cm³/mol. The van der Waals surface area contributed by atoms with Crippen molar-refractivity contribution in [3.8, 4) is 0 Å². The number of hydrogen-bond acceptors (Lipinski definition) is 2. The van der Waals surface area contributed by atoms with Crippen molar-refractivity contribution in [2.24, 2.45) is 17.1 Å². The molecule has 1 aliphatic carbocycles. The standard InChI is InChI=1S/C17H23NO/c1-11-6-7-14-12(9-11)10-15(19-14)16(18)13-5-4-8-17(13,2)3/h6-7,9-10,13,16H,4-5,8,18H2,1-3H3. The van der Waals surface area contributed by atoms with Gasteiger partial charge in [-0.15, -0.1) is 0 Å². The lowest BCUT2D eigenvalue weighted by molar-refractivity contribution is 0.208. The SMILES string of the molecule is Cc1ccc2oc(C(N)C3CCCC3(C)C)cc2c1. The third-order valence-corrected chi connectivity index (χ3v) is 4.79. The highest BCUT2D eigenvalue weighted by atomic mass is 16.3. The highest BCUT2D eigenvalue weighted by molar-refractivity contribution is 5.78. The van der Waals surface area contributed by atoms with E-state index in [4.69, 9.17) is 10.2 Å². The summed E-state index contributed by atoms with van der Waals surface area (Å²) in [5, 5.41) is 1.17. The Balaban J connectivity index is 1.95. The van der Waals surface area contributed by atoms with E-state index in [1.165, 1.54) is 30.2 Å². The maximum absolute atomic E-state index is 6.48. The van der Waals surface area contributed by atoms with Crippen molar-refractivity contribution in [2.45, 2.75) is 46.1 Å². The fraction of sp³-hybridized carbons (Fsp3) is 0.529. The zero-order chi connectivity index (χ0) is 13.6. The van der Waals surface area contributed by atoms with Gasteiger partial charge in [0, 0.05) is 5.39 Å². The summed E-state index contributed by atoms with van der Waals surface area (Å²) < 4.78 is 5.97. The topological polar surface area (TPSA) is 39.2 Å². The fourth-order valence-electron chi connectivity index (χ4n) is 3.57. The van der Waals surface area contributed by atoms with Crippen LogP contribution in [-0.4, -0.2) is 0 Å². The van der Waals surface area contributed by atoms with Crippen LogP contribution in [0.2, 0.25) is 0 Å². The fourth-order valence-corrected chi connectivity index (χ4v) is 3.57. The molecule has 0 aliphatic heterocycles. The molecule has 2 nitrogen and oxygen atoms in total. The molecule has 1 aromatic heterocycles. The van der Waals surface area contributed by atoms with E-state index in [0.717, 1.165) is 11.3 Å². The summed E-state index contributed by atoms with van der Waals surface area (Å²) >= 11 is 0. The normalized spacial score (nSPS) is 23.9. The number of benzene rings is 1. The number of rotatable bonds is 2. The highest BCUT2D eigenvalue weighted by Crippen LogP contribution is 2.48. The van der Waals surface area contributed by atoms with Crippen molar-refractivity contribution in [1.82, 2.24) is 0 Å². The van der Waals surface area contributed by atoms with Crippen LogP contribution < -0.4 is 5.73 Å². The molecular formula is C17H23NO. The minimum atomic E-state index is 0.0187. The summed E-state index contributed by atoms with van der Waals surface area (Å²) in [6.07, 6.45) is 3.76. The smallest absolute Gasteiger partial charge is 0.134 e. The molecule has 3 rings (SSSR count). The van der Waals surface area contributed by atoms with Gasteiger partial charge in [0.1, 0.15) is 11.3 Å². The van der Waals surface area contributed by atoms with Crippen LogP contribution in [0.25, 0.3) is 11.0 Å². The molecule has 2 aromatic rings. The number of aryl methyl sites for hydroxylation is 1. The molecular weight excluding hydrogens is 234 g/mol. The quantitative estimate of drug-likeness (QED) is 0.856. The Morgan fingerprint density at radius 1 is 1.32 bits per heavy atom. The Hall–Kier alpha value is -1.28. The summed E-state index contributed by atoms with van der Waals surface area (Å²) in [6.45, 7) is 6.76. The van der Waals surface area contributed by atoms with E-state index < -0.39 is 0 Å². The van der Waals surface area contributed by atoms with E-state index in [0.29, 0.717) is 11.3 Å². The molecule has 1 fully saturated rings. The number of nitrogens with two attached hydrogens (primary N) is 1. The van der Waals surface area contributed by atoms with Crippen molar-refractivity contribution in [3.05, 3.63) is 35.6 Å². The van der Waals surface area contributed by atoms with Gasteiger partial charge in [-0.3, -0.25) is 0 Å². The summed E-state index contributed by atoms with van der Waals surface area (Å²) in [5.41, 5.74) is 9.02. The van der Waals surface area contributed by atoms with E-state index in [1.807, 2.05) is 6.07 Å². The van der Waals surface area contributed by atoms with Gasteiger partial charge in [-0.2, -0.15) is 0 Å². The molecule has 0 amide bonds. The maximum Gasteiger partial charge on any atom is 0.134 e. The zero-order valence-electron chi connectivity index (χ0n) is 12.1. The van der Waals surface area contributed by atoms with Crippen LogP contribution in [0.1, 0.15) is 50.5 Å². The van der Waals surface area contributed by atoms with Gasteiger partial charge in [-0.1, -0.05) is 31.9 Å². The van der Waals surface area contributed by atoms with Crippen molar-refractivity contribution in [1.29, 1.82) is 0 Å². The second-order valence-electron chi connectivity index (χ2n) is 6.70. The third-order valence-electron chi connectivity index (χ3n) is 4.79. The van der Waals surface area contributed by atoms with Gasteiger partial charge in [0.2, 0.25) is 0 Å². The van der Waals surface area contributed by atoms with Crippen LogP contribution in [0.15, 0.2) is 28.7 Å². The minimum Gasteiger partial charge on any atom is -0.459 e. The Labute approximate surface area is 115 Å². The van der Waals surface area contributed by atoms with Gasteiger partial charge in [0.15, 0.2) is 0 Å². The Kier molecular flexibility index (Phi) is 2.94. The minimum absolute atomic E-state index is 0.0187. The summed E-state index contributed by atoms with van der Waals surface area (Å²) in [4.78, 5) is 0. The van der Waals surface area contributed by atoms with Crippen LogP contribution in [0.4, 0.5) is 0 Å². The molecule has 1 aromatic carbocycles. The van der Waals surface area contributed by atoms with Crippen LogP contribution in [0.3, 0.4) is 0 Å². The van der Waals surface area contributed by atoms with Crippen molar-refractivity contribution >= 4 is 11.0 Å². The second kappa shape index (κ2) is 4.38. The number of hydrogen-bond donors (Lipinski definition) is 1. The van der Waals surface area contributed by atoms with Gasteiger partial charge < -0.3 is 10.2 Å². The monoisotopic (exact) mass is 257 g/mol. The molecule has 102 valence electrons. The third kappa shape index (κ3) is 2.18. The molecule has 1 saturated carbocycles. The summed E-state index contributed by atoms with van der Waals surface area (Å²) in [7, 11) is 0. The summed E-state index contributed by atoms with van der Waals surface area (Å²) in [6, 6.07) is 8.43. The zero-order valence-corrected chi connectivity index (χ0v) is 12.1. The predicted octanol–water partition coefficient (Wildman–Crippen LogP) is 4.57. The molecule has 0 radical (unpaired) electrons. The number of fused-ring (bicyclic) bond motifs is 1. The average Bonchev–Trinajstić information content (AvgIpc) is 2.90. The summed E-state index contributed by atoms with van der Waals surface area (Å²) in [5.74, 6) is 1.47. The molecule has 2 atom stereocenters. The van der Waals surface area contributed by atoms with E-state index in [-0.39, 0.29) is 6.04 Å². The first-order valence-corrected chi connectivity index (χ1v) is 7.23. The van der Waals surface area contributed by atoms with Crippen LogP contribution in [0, 0.1) is 18.3 Å². The molecule has 2 unspecified atom stereocenters. The lowest BCUT2D eigenvalue weighted by Gasteiger charge is -2.30. The van der Waals surface area contributed by atoms with Crippen LogP contribution >= 0.6 is 0 Å². The van der Waals surface area contributed by atoms with Crippen LogP contribution in [-0.2, 0) is 0 Å². The van der Waals surface area contributed by atoms with Crippen molar-refractivity contribution in [3.63, 3.8) is 0 Å². The van der Waals surface area contributed by atoms with Gasteiger partial charge in [-0.05, 0) is 49.3 Å². The first kappa shape index (κ1) is 12.7. The first-order valence-electron chi connectivity index (χ1n) is 7.23. The van der Waals surface area contributed by atoms with Gasteiger partial charge in [-0.25, -0.2) is 0 Å². The van der Waals surface area contributed by atoms with E-state index in [2.05, 4.69) is 39.0 Å². The molecule has 2 N–H and O–H groups in total. The lowest BCUT2D eigenvalue weighted by Crippen LogP contribution is -2.29. The van der Waals surface area contributed by atoms with Crippen molar-refractivity contribution in [2.75, 3.05) is 0 Å². The largest absolute Gasteiger partial charge is 0.459 e. The van der Waals surface area contributed by atoms with Gasteiger partial charge >= 0.3 is 0 Å². The van der Waals surface area contributed by atoms with Gasteiger partial charge in [0.25, 0.3) is 0 Å². The van der Waals surface area contributed by atoms with E-state index in [1.54, 1.807) is 0 Å². The lowest BCUT2D eigenvalue weighted by atomic mass is 9.77. The second-order valence-corrected chi connectivity index (χ2v) is 6.70. The molecule has 1 heterocycles. The van der Waals surface area contributed by atoms with E-state index >= 15 is 0 Å². The van der Waals surface area contributed by atoms with Crippen LogP contribution in [0.5, 0.6) is 0 Å². The maximum atomic E-state index is 6.48. The van der Waals surface area contributed by atoms with E-state index in [9.17, 15) is 0 Å². The molecule has 2 heteroatoms. The Bertz CT molecular complexity index is 596. The van der Waals surface area contributed by atoms with Crippen molar-refractivity contribution < 1.29 is 4.42 Å². The average molecular weight is 257 g/mol. The first-order chi connectivity index (χ1) is 8.97. The molecule has 0 saturated heterocycles.